The van der Waals surface area contributed by atoms with E-state index in [0.717, 1.165) is 30.3 Å². The fraction of sp³-hybridized carbons (Fsp3) is 0.385. The van der Waals surface area contributed by atoms with Crippen LogP contribution in [0.2, 0.25) is 0 Å². The minimum atomic E-state index is -0.0850. The van der Waals surface area contributed by atoms with Crippen molar-refractivity contribution in [2.24, 2.45) is 11.7 Å². The number of hydrogen-bond donors (Lipinski definition) is 3. The van der Waals surface area contributed by atoms with E-state index in [1.165, 1.54) is 0 Å². The first-order valence-electron chi connectivity index (χ1n) is 6.25. The molecule has 5 heteroatoms. The van der Waals surface area contributed by atoms with Crippen LogP contribution in [0.25, 0.3) is 11.0 Å². The smallest absolute Gasteiger partial charge is 0.231 e. The summed E-state index contributed by atoms with van der Waals surface area (Å²) in [6.07, 6.45) is 2.82. The number of carbonyl (C=O) groups is 1. The zero-order valence-electron chi connectivity index (χ0n) is 10.0. The molecule has 1 aliphatic rings. The molecule has 2 unspecified atom stereocenters. The quantitative estimate of drug-likeness (QED) is 0.750. The van der Waals surface area contributed by atoms with Crippen molar-refractivity contribution in [1.82, 2.24) is 9.97 Å². The van der Waals surface area contributed by atoms with Crippen LogP contribution < -0.4 is 11.1 Å². The van der Waals surface area contributed by atoms with Crippen molar-refractivity contribution in [3.05, 3.63) is 24.3 Å². The number of rotatable bonds is 2. The first-order chi connectivity index (χ1) is 8.74. The maximum atomic E-state index is 12.1. The first kappa shape index (κ1) is 11.2. The molecular weight excluding hydrogens is 228 g/mol. The topological polar surface area (TPSA) is 83.8 Å². The molecule has 5 nitrogen and oxygen atoms in total. The summed E-state index contributed by atoms with van der Waals surface area (Å²) < 4.78 is 0. The number of nitrogens with zero attached hydrogens (tertiary/aromatic N) is 1. The highest BCUT2D eigenvalue weighted by Gasteiger charge is 2.30. The Labute approximate surface area is 105 Å². The summed E-state index contributed by atoms with van der Waals surface area (Å²) in [4.78, 5) is 19.5. The second-order valence-electron chi connectivity index (χ2n) is 4.79. The van der Waals surface area contributed by atoms with Crippen LogP contribution in [-0.4, -0.2) is 21.9 Å². The molecule has 1 fully saturated rings. The third kappa shape index (κ3) is 1.97. The van der Waals surface area contributed by atoms with Crippen molar-refractivity contribution in [3.8, 4) is 0 Å². The number of hydrogen-bond acceptors (Lipinski definition) is 3. The van der Waals surface area contributed by atoms with Gasteiger partial charge in [0.25, 0.3) is 0 Å². The van der Waals surface area contributed by atoms with Crippen LogP contribution in [-0.2, 0) is 4.79 Å². The molecule has 0 spiro atoms. The fourth-order valence-corrected chi connectivity index (χ4v) is 2.54. The van der Waals surface area contributed by atoms with Gasteiger partial charge in [-0.25, -0.2) is 4.98 Å². The van der Waals surface area contributed by atoms with Gasteiger partial charge in [0.05, 0.1) is 17.0 Å². The van der Waals surface area contributed by atoms with Gasteiger partial charge in [0, 0.05) is 6.04 Å². The lowest BCUT2D eigenvalue weighted by molar-refractivity contribution is -0.120. The van der Waals surface area contributed by atoms with Gasteiger partial charge in [0.15, 0.2) is 0 Å². The van der Waals surface area contributed by atoms with Crippen LogP contribution in [0.15, 0.2) is 24.3 Å². The van der Waals surface area contributed by atoms with Crippen molar-refractivity contribution in [1.29, 1.82) is 0 Å². The monoisotopic (exact) mass is 244 g/mol. The van der Waals surface area contributed by atoms with E-state index >= 15 is 0 Å². The molecule has 1 saturated carbocycles. The molecule has 1 aliphatic carbocycles. The third-order valence-corrected chi connectivity index (χ3v) is 3.54. The highest BCUT2D eigenvalue weighted by Crippen LogP contribution is 2.25. The standard InChI is InChI=1S/C13H16N4O/c14-9-5-3-4-8(9)12(18)17-13-15-10-6-1-2-7-11(10)16-13/h1-2,6-9H,3-5,14H2,(H2,15,16,17,18). The van der Waals surface area contributed by atoms with Crippen LogP contribution in [0.3, 0.4) is 0 Å². The highest BCUT2D eigenvalue weighted by molar-refractivity contribution is 5.93. The van der Waals surface area contributed by atoms with E-state index in [9.17, 15) is 4.79 Å². The lowest BCUT2D eigenvalue weighted by Crippen LogP contribution is -2.34. The van der Waals surface area contributed by atoms with Crippen LogP contribution in [0.4, 0.5) is 5.95 Å². The lowest BCUT2D eigenvalue weighted by atomic mass is 10.0. The maximum Gasteiger partial charge on any atom is 0.231 e. The van der Waals surface area contributed by atoms with Gasteiger partial charge in [-0.3, -0.25) is 10.1 Å². The van der Waals surface area contributed by atoms with Gasteiger partial charge in [-0.2, -0.15) is 0 Å². The molecule has 0 aliphatic heterocycles. The Kier molecular flexibility index (Phi) is 2.76. The molecule has 1 amide bonds. The zero-order valence-corrected chi connectivity index (χ0v) is 10.0. The van der Waals surface area contributed by atoms with Crippen molar-refractivity contribution < 1.29 is 4.79 Å². The van der Waals surface area contributed by atoms with Crippen molar-refractivity contribution in [3.63, 3.8) is 0 Å². The van der Waals surface area contributed by atoms with Crippen molar-refractivity contribution >= 4 is 22.9 Å². The van der Waals surface area contributed by atoms with Gasteiger partial charge in [0.1, 0.15) is 0 Å². The molecule has 0 bridgehead atoms. The number of nitrogens with two attached hydrogens (primary N) is 1. The van der Waals surface area contributed by atoms with Gasteiger partial charge in [0.2, 0.25) is 11.9 Å². The zero-order chi connectivity index (χ0) is 12.5. The van der Waals surface area contributed by atoms with Crippen LogP contribution >= 0.6 is 0 Å². The van der Waals surface area contributed by atoms with Crippen molar-refractivity contribution in [2.75, 3.05) is 5.32 Å². The average molecular weight is 244 g/mol. The van der Waals surface area contributed by atoms with E-state index in [1.54, 1.807) is 0 Å². The van der Waals surface area contributed by atoms with E-state index in [2.05, 4.69) is 15.3 Å². The van der Waals surface area contributed by atoms with Crippen LogP contribution in [0.5, 0.6) is 0 Å². The van der Waals surface area contributed by atoms with Gasteiger partial charge in [-0.05, 0) is 25.0 Å². The number of H-pyrrole nitrogens is 1. The Bertz CT molecular complexity index is 544. The minimum absolute atomic E-state index is 0.0191. The van der Waals surface area contributed by atoms with Crippen LogP contribution in [0, 0.1) is 5.92 Å². The molecule has 94 valence electrons. The molecular formula is C13H16N4O. The molecule has 2 atom stereocenters. The predicted octanol–water partition coefficient (Wildman–Crippen LogP) is 1.63. The molecule has 1 aromatic carbocycles. The summed E-state index contributed by atoms with van der Waals surface area (Å²) in [6, 6.07) is 7.66. The minimum Gasteiger partial charge on any atom is -0.327 e. The Morgan fingerprint density at radius 1 is 1.39 bits per heavy atom. The number of imidazole rings is 1. The predicted molar refractivity (Wildman–Crippen MR) is 70.0 cm³/mol. The van der Waals surface area contributed by atoms with E-state index in [4.69, 9.17) is 5.73 Å². The first-order valence-corrected chi connectivity index (χ1v) is 6.25. The number of anilines is 1. The average Bonchev–Trinajstić information content (AvgIpc) is 2.94. The van der Waals surface area contributed by atoms with E-state index in [1.807, 2.05) is 24.3 Å². The summed E-state index contributed by atoms with van der Waals surface area (Å²) in [5.41, 5.74) is 7.69. The molecule has 0 radical (unpaired) electrons. The lowest BCUT2D eigenvalue weighted by Gasteiger charge is -2.13. The molecule has 2 aromatic rings. The molecule has 3 rings (SSSR count). The number of amides is 1. The Morgan fingerprint density at radius 2 is 2.22 bits per heavy atom. The largest absolute Gasteiger partial charge is 0.327 e. The fourth-order valence-electron chi connectivity index (χ4n) is 2.54. The Morgan fingerprint density at radius 3 is 2.94 bits per heavy atom. The molecule has 1 heterocycles. The number of aromatic amines is 1. The van der Waals surface area contributed by atoms with Gasteiger partial charge in [-0.1, -0.05) is 18.6 Å². The summed E-state index contributed by atoms with van der Waals surface area (Å²) >= 11 is 0. The molecule has 0 saturated heterocycles. The number of benzene rings is 1. The number of fused-ring (bicyclic) bond motifs is 1. The van der Waals surface area contributed by atoms with E-state index < -0.39 is 0 Å². The van der Waals surface area contributed by atoms with Gasteiger partial charge in [-0.15, -0.1) is 0 Å². The molecule has 4 N–H and O–H groups in total. The van der Waals surface area contributed by atoms with Crippen LogP contribution in [0.1, 0.15) is 19.3 Å². The normalized spacial score (nSPS) is 23.4. The SMILES string of the molecule is NC1CCCC1C(=O)Nc1nc2ccccc2[nH]1. The second kappa shape index (κ2) is 4.42. The van der Waals surface area contributed by atoms with Crippen molar-refractivity contribution in [2.45, 2.75) is 25.3 Å². The highest BCUT2D eigenvalue weighted by atomic mass is 16.2. The van der Waals surface area contributed by atoms with Gasteiger partial charge < -0.3 is 10.7 Å². The van der Waals surface area contributed by atoms with E-state index in [-0.39, 0.29) is 17.9 Å². The third-order valence-electron chi connectivity index (χ3n) is 3.54. The summed E-state index contributed by atoms with van der Waals surface area (Å²) in [7, 11) is 0. The van der Waals surface area contributed by atoms with E-state index in [0.29, 0.717) is 5.95 Å². The molecule has 1 aromatic heterocycles. The summed E-state index contributed by atoms with van der Waals surface area (Å²) in [5.74, 6) is 0.387. The number of nitrogens with one attached hydrogen (secondary N) is 2. The number of carbonyl (C=O) groups excluding carboxylic acids is 1. The van der Waals surface area contributed by atoms with Gasteiger partial charge >= 0.3 is 0 Å². The second-order valence-corrected chi connectivity index (χ2v) is 4.79. The number of aromatic nitrogens is 2. The Hall–Kier alpha value is -1.88. The summed E-state index contributed by atoms with van der Waals surface area (Å²) in [6.45, 7) is 0. The maximum absolute atomic E-state index is 12.1. The molecule has 18 heavy (non-hydrogen) atoms. The summed E-state index contributed by atoms with van der Waals surface area (Å²) in [5, 5.41) is 2.82. The number of para-hydroxylation sites is 2. The Balaban J connectivity index is 1.77.